The number of aryl methyl sites for hydroxylation is 1. The van der Waals surface area contributed by atoms with E-state index in [1.165, 1.54) is 0 Å². The van der Waals surface area contributed by atoms with Crippen molar-refractivity contribution in [3.8, 4) is 5.75 Å². The van der Waals surface area contributed by atoms with Crippen LogP contribution in [0.3, 0.4) is 0 Å². The Morgan fingerprint density at radius 2 is 2.11 bits per heavy atom. The molecular formula is C14H17NO3. The van der Waals surface area contributed by atoms with Gasteiger partial charge < -0.3 is 14.8 Å². The fourth-order valence-corrected chi connectivity index (χ4v) is 2.24. The molecule has 4 nitrogen and oxygen atoms in total. The Balaban J connectivity index is 2.47. The van der Waals surface area contributed by atoms with Gasteiger partial charge in [-0.1, -0.05) is 6.92 Å². The molecule has 0 bridgehead atoms. The number of hydrogen-bond donors (Lipinski definition) is 2. The molecule has 0 amide bonds. The van der Waals surface area contributed by atoms with Gasteiger partial charge in [0, 0.05) is 30.1 Å². The van der Waals surface area contributed by atoms with Crippen molar-refractivity contribution in [3.63, 3.8) is 0 Å². The average molecular weight is 247 g/mol. The summed E-state index contributed by atoms with van der Waals surface area (Å²) in [5.74, 6) is -0.966. The van der Waals surface area contributed by atoms with E-state index in [0.29, 0.717) is 6.42 Å². The van der Waals surface area contributed by atoms with Gasteiger partial charge in [0.25, 0.3) is 0 Å². The highest BCUT2D eigenvalue weighted by Crippen LogP contribution is 2.25. The smallest absolute Gasteiger partial charge is 0.306 e. The highest BCUT2D eigenvalue weighted by molar-refractivity contribution is 5.83. The van der Waals surface area contributed by atoms with Gasteiger partial charge in [-0.25, -0.2) is 0 Å². The number of aliphatic carboxylic acids is 1. The van der Waals surface area contributed by atoms with Crippen LogP contribution in [0.15, 0.2) is 24.3 Å². The Hall–Kier alpha value is -1.97. The quantitative estimate of drug-likeness (QED) is 0.873. The van der Waals surface area contributed by atoms with Crippen LogP contribution in [-0.4, -0.2) is 20.7 Å². The molecule has 1 heterocycles. The number of carboxylic acids is 1. The van der Waals surface area contributed by atoms with Crippen molar-refractivity contribution >= 4 is 16.9 Å². The van der Waals surface area contributed by atoms with Crippen molar-refractivity contribution in [1.29, 1.82) is 0 Å². The zero-order valence-corrected chi connectivity index (χ0v) is 10.6. The number of carboxylic acid groups (broad SMARTS) is 1. The van der Waals surface area contributed by atoms with E-state index in [-0.39, 0.29) is 5.75 Å². The SMILES string of the molecule is CCn1c(CC(C)C(=O)O)cc2ccc(O)cc21. The first kappa shape index (κ1) is 12.5. The maximum Gasteiger partial charge on any atom is 0.306 e. The summed E-state index contributed by atoms with van der Waals surface area (Å²) in [7, 11) is 0. The van der Waals surface area contributed by atoms with Crippen molar-refractivity contribution in [2.75, 3.05) is 0 Å². The summed E-state index contributed by atoms with van der Waals surface area (Å²) >= 11 is 0. The molecule has 0 spiro atoms. The molecule has 2 N–H and O–H groups in total. The third-order valence-electron chi connectivity index (χ3n) is 3.23. The first-order valence-electron chi connectivity index (χ1n) is 6.07. The van der Waals surface area contributed by atoms with Crippen LogP contribution in [0.4, 0.5) is 0 Å². The van der Waals surface area contributed by atoms with E-state index in [4.69, 9.17) is 5.11 Å². The van der Waals surface area contributed by atoms with Gasteiger partial charge in [0.2, 0.25) is 0 Å². The number of fused-ring (bicyclic) bond motifs is 1. The van der Waals surface area contributed by atoms with Crippen molar-refractivity contribution < 1.29 is 15.0 Å². The molecule has 96 valence electrons. The minimum atomic E-state index is -0.786. The van der Waals surface area contributed by atoms with Crippen molar-refractivity contribution in [2.24, 2.45) is 5.92 Å². The van der Waals surface area contributed by atoms with Gasteiger partial charge in [-0.2, -0.15) is 0 Å². The van der Waals surface area contributed by atoms with Crippen LogP contribution in [0.5, 0.6) is 5.75 Å². The highest BCUT2D eigenvalue weighted by Gasteiger charge is 2.16. The van der Waals surface area contributed by atoms with E-state index < -0.39 is 11.9 Å². The summed E-state index contributed by atoms with van der Waals surface area (Å²) in [4.78, 5) is 10.9. The average Bonchev–Trinajstić information content (AvgIpc) is 2.65. The Bertz CT molecular complexity index is 586. The van der Waals surface area contributed by atoms with Crippen molar-refractivity contribution in [3.05, 3.63) is 30.0 Å². The first-order chi connectivity index (χ1) is 8.52. The first-order valence-corrected chi connectivity index (χ1v) is 6.07. The van der Waals surface area contributed by atoms with Crippen molar-refractivity contribution in [1.82, 2.24) is 4.57 Å². The molecule has 0 radical (unpaired) electrons. The van der Waals surface area contributed by atoms with Crippen LogP contribution in [0, 0.1) is 5.92 Å². The third-order valence-corrected chi connectivity index (χ3v) is 3.23. The number of hydrogen-bond acceptors (Lipinski definition) is 2. The molecule has 4 heteroatoms. The zero-order valence-electron chi connectivity index (χ0n) is 10.6. The fraction of sp³-hybridized carbons (Fsp3) is 0.357. The summed E-state index contributed by atoms with van der Waals surface area (Å²) in [5, 5.41) is 19.5. The van der Waals surface area contributed by atoms with Crippen LogP contribution < -0.4 is 0 Å². The van der Waals surface area contributed by atoms with E-state index in [1.807, 2.05) is 19.1 Å². The Morgan fingerprint density at radius 3 is 2.72 bits per heavy atom. The van der Waals surface area contributed by atoms with Gasteiger partial charge in [-0.3, -0.25) is 4.79 Å². The fourth-order valence-electron chi connectivity index (χ4n) is 2.24. The largest absolute Gasteiger partial charge is 0.508 e. The molecule has 2 rings (SSSR count). The number of benzene rings is 1. The molecule has 0 fully saturated rings. The van der Waals surface area contributed by atoms with E-state index in [1.54, 1.807) is 19.1 Å². The zero-order chi connectivity index (χ0) is 13.3. The molecule has 18 heavy (non-hydrogen) atoms. The maximum atomic E-state index is 10.9. The molecule has 0 saturated heterocycles. The van der Waals surface area contributed by atoms with E-state index in [0.717, 1.165) is 23.1 Å². The number of aromatic hydroxyl groups is 1. The molecule has 1 aromatic heterocycles. The molecule has 0 aliphatic rings. The number of phenols is 1. The number of phenolic OH excluding ortho intramolecular Hbond substituents is 1. The van der Waals surface area contributed by atoms with Crippen LogP contribution >= 0.6 is 0 Å². The predicted octanol–water partition coefficient (Wildman–Crippen LogP) is 2.63. The Morgan fingerprint density at radius 1 is 1.39 bits per heavy atom. The molecule has 1 aromatic carbocycles. The minimum absolute atomic E-state index is 0.230. The number of aromatic nitrogens is 1. The van der Waals surface area contributed by atoms with E-state index in [9.17, 15) is 9.90 Å². The predicted molar refractivity (Wildman–Crippen MR) is 69.8 cm³/mol. The van der Waals surface area contributed by atoms with Gasteiger partial charge in [-0.15, -0.1) is 0 Å². The molecule has 0 aliphatic heterocycles. The van der Waals surface area contributed by atoms with Gasteiger partial charge in [-0.05, 0) is 25.1 Å². The maximum absolute atomic E-state index is 10.9. The third kappa shape index (κ3) is 2.18. The van der Waals surface area contributed by atoms with Gasteiger partial charge >= 0.3 is 5.97 Å². The lowest BCUT2D eigenvalue weighted by Gasteiger charge is -2.10. The molecule has 1 atom stereocenters. The molecule has 1 unspecified atom stereocenters. The summed E-state index contributed by atoms with van der Waals surface area (Å²) in [6, 6.07) is 7.21. The van der Waals surface area contributed by atoms with Gasteiger partial charge in [0.15, 0.2) is 0 Å². The van der Waals surface area contributed by atoms with Crippen LogP contribution in [0.1, 0.15) is 19.5 Å². The second-order valence-corrected chi connectivity index (χ2v) is 4.57. The van der Waals surface area contributed by atoms with Gasteiger partial charge in [0.05, 0.1) is 11.4 Å². The van der Waals surface area contributed by atoms with Crippen LogP contribution in [0.2, 0.25) is 0 Å². The summed E-state index contributed by atoms with van der Waals surface area (Å²) in [6.45, 7) is 4.48. The summed E-state index contributed by atoms with van der Waals surface area (Å²) in [6.07, 6.45) is 0.499. The molecule has 0 aliphatic carbocycles. The molecular weight excluding hydrogens is 230 g/mol. The molecule has 0 saturated carbocycles. The Labute approximate surface area is 105 Å². The topological polar surface area (TPSA) is 62.5 Å². The van der Waals surface area contributed by atoms with Crippen LogP contribution in [0.25, 0.3) is 10.9 Å². The second kappa shape index (κ2) is 4.72. The monoisotopic (exact) mass is 247 g/mol. The second-order valence-electron chi connectivity index (χ2n) is 4.57. The standard InChI is InChI=1S/C14H17NO3/c1-3-15-11(6-9(2)14(17)18)7-10-4-5-12(16)8-13(10)15/h4-5,7-9,16H,3,6H2,1-2H3,(H,17,18). The summed E-state index contributed by atoms with van der Waals surface area (Å²) < 4.78 is 2.05. The van der Waals surface area contributed by atoms with E-state index >= 15 is 0 Å². The lowest BCUT2D eigenvalue weighted by molar-refractivity contribution is -0.141. The number of carbonyl (C=O) groups is 1. The lowest BCUT2D eigenvalue weighted by Crippen LogP contribution is -2.14. The lowest BCUT2D eigenvalue weighted by atomic mass is 10.1. The number of nitrogens with zero attached hydrogens (tertiary/aromatic N) is 1. The normalized spacial score (nSPS) is 12.8. The number of rotatable bonds is 4. The van der Waals surface area contributed by atoms with Crippen LogP contribution in [-0.2, 0) is 17.8 Å². The molecule has 2 aromatic rings. The van der Waals surface area contributed by atoms with Gasteiger partial charge in [0.1, 0.15) is 5.75 Å². The highest BCUT2D eigenvalue weighted by atomic mass is 16.4. The Kier molecular flexibility index (Phi) is 3.28. The van der Waals surface area contributed by atoms with E-state index in [2.05, 4.69) is 4.57 Å². The minimum Gasteiger partial charge on any atom is -0.508 e. The summed E-state index contributed by atoms with van der Waals surface area (Å²) in [5.41, 5.74) is 1.94. The van der Waals surface area contributed by atoms with Crippen molar-refractivity contribution in [2.45, 2.75) is 26.8 Å².